The van der Waals surface area contributed by atoms with E-state index < -0.39 is 5.82 Å². The van der Waals surface area contributed by atoms with Crippen LogP contribution in [0.5, 0.6) is 0 Å². The average Bonchev–Trinajstić information content (AvgIpc) is 2.67. The smallest absolute Gasteiger partial charge is 0.227 e. The summed E-state index contributed by atoms with van der Waals surface area (Å²) in [5, 5.41) is 0.0165. The SMILES string of the molecule is CC(C)CC(=O)N1CCCc2cc(CCC(=O)c3ccc(Cl)c(F)c3)ccc21. The van der Waals surface area contributed by atoms with E-state index in [4.69, 9.17) is 11.6 Å². The number of carbonyl (C=O) groups is 2. The number of fused-ring (bicyclic) bond motifs is 1. The van der Waals surface area contributed by atoms with Crippen LogP contribution >= 0.6 is 11.6 Å². The summed E-state index contributed by atoms with van der Waals surface area (Å²) in [6.45, 7) is 4.86. The third kappa shape index (κ3) is 4.79. The van der Waals surface area contributed by atoms with Crippen LogP contribution in [0.25, 0.3) is 0 Å². The van der Waals surface area contributed by atoms with Crippen molar-refractivity contribution in [3.05, 3.63) is 63.9 Å². The Labute approximate surface area is 170 Å². The van der Waals surface area contributed by atoms with Gasteiger partial charge >= 0.3 is 0 Å². The van der Waals surface area contributed by atoms with Crippen LogP contribution in [-0.2, 0) is 17.6 Å². The largest absolute Gasteiger partial charge is 0.312 e. The summed E-state index contributed by atoms with van der Waals surface area (Å²) in [5.74, 6) is -0.181. The van der Waals surface area contributed by atoms with Gasteiger partial charge in [0.2, 0.25) is 5.91 Å². The van der Waals surface area contributed by atoms with Gasteiger partial charge in [0.05, 0.1) is 5.02 Å². The predicted molar refractivity (Wildman–Crippen MR) is 111 cm³/mol. The van der Waals surface area contributed by atoms with Crippen molar-refractivity contribution in [1.29, 1.82) is 0 Å². The zero-order valence-electron chi connectivity index (χ0n) is 16.3. The first-order valence-electron chi connectivity index (χ1n) is 9.75. The standard InChI is InChI=1S/C23H25ClFNO2/c1-15(2)12-23(28)26-11-3-4-17-13-16(5-9-21(17)26)6-10-22(27)18-7-8-19(24)20(25)14-18/h5,7-9,13-15H,3-4,6,10-12H2,1-2H3. The minimum absolute atomic E-state index is 0.0165. The maximum atomic E-state index is 13.6. The van der Waals surface area contributed by atoms with E-state index in [1.54, 1.807) is 6.07 Å². The second-order valence-electron chi connectivity index (χ2n) is 7.76. The highest BCUT2D eigenvalue weighted by Gasteiger charge is 2.23. The molecule has 1 aliphatic heterocycles. The van der Waals surface area contributed by atoms with Gasteiger partial charge in [-0.25, -0.2) is 4.39 Å². The van der Waals surface area contributed by atoms with Crippen molar-refractivity contribution in [2.75, 3.05) is 11.4 Å². The first-order valence-corrected chi connectivity index (χ1v) is 10.1. The Morgan fingerprint density at radius 2 is 1.96 bits per heavy atom. The van der Waals surface area contributed by atoms with Gasteiger partial charge in [-0.2, -0.15) is 0 Å². The molecular weight excluding hydrogens is 377 g/mol. The van der Waals surface area contributed by atoms with Crippen LogP contribution in [0, 0.1) is 11.7 Å². The van der Waals surface area contributed by atoms with Crippen molar-refractivity contribution < 1.29 is 14.0 Å². The molecule has 1 heterocycles. The van der Waals surface area contributed by atoms with Gasteiger partial charge < -0.3 is 4.90 Å². The van der Waals surface area contributed by atoms with Gasteiger partial charge in [-0.3, -0.25) is 9.59 Å². The molecule has 3 rings (SSSR count). The molecule has 0 saturated heterocycles. The molecule has 0 bridgehead atoms. The third-order valence-electron chi connectivity index (χ3n) is 5.03. The summed E-state index contributed by atoms with van der Waals surface area (Å²) in [6, 6.07) is 10.2. The van der Waals surface area contributed by atoms with Gasteiger partial charge in [0.1, 0.15) is 5.82 Å². The molecule has 0 unspecified atom stereocenters. The number of ketones is 1. The average molecular weight is 402 g/mol. The van der Waals surface area contributed by atoms with E-state index in [0.717, 1.165) is 36.2 Å². The van der Waals surface area contributed by atoms with Gasteiger partial charge in [0, 0.05) is 30.6 Å². The van der Waals surface area contributed by atoms with E-state index in [9.17, 15) is 14.0 Å². The molecule has 3 nitrogen and oxygen atoms in total. The van der Waals surface area contributed by atoms with Crippen molar-refractivity contribution in [2.45, 2.75) is 46.0 Å². The second kappa shape index (κ2) is 8.87. The van der Waals surface area contributed by atoms with Crippen LogP contribution in [-0.4, -0.2) is 18.2 Å². The van der Waals surface area contributed by atoms with Gasteiger partial charge in [-0.1, -0.05) is 37.6 Å². The van der Waals surface area contributed by atoms with Crippen LogP contribution in [0.4, 0.5) is 10.1 Å². The first-order chi connectivity index (χ1) is 13.3. The number of nitrogens with zero attached hydrogens (tertiary/aromatic N) is 1. The van der Waals surface area contributed by atoms with Gasteiger partial charge in [0.25, 0.3) is 0 Å². The topological polar surface area (TPSA) is 37.4 Å². The van der Waals surface area contributed by atoms with E-state index >= 15 is 0 Å². The van der Waals surface area contributed by atoms with Crippen LogP contribution in [0.1, 0.15) is 54.6 Å². The number of halogens is 2. The van der Waals surface area contributed by atoms with Crippen molar-refractivity contribution in [1.82, 2.24) is 0 Å². The normalized spacial score (nSPS) is 13.5. The molecule has 0 N–H and O–H groups in total. The number of hydrogen-bond acceptors (Lipinski definition) is 2. The number of carbonyl (C=O) groups excluding carboxylic acids is 2. The van der Waals surface area contributed by atoms with Crippen molar-refractivity contribution >= 4 is 29.0 Å². The Bertz CT molecular complexity index is 894. The highest BCUT2D eigenvalue weighted by Crippen LogP contribution is 2.29. The number of Topliss-reactive ketones (excluding diaryl/α,β-unsaturated/α-hetero) is 1. The van der Waals surface area contributed by atoms with Crippen molar-refractivity contribution in [2.24, 2.45) is 5.92 Å². The van der Waals surface area contributed by atoms with Gasteiger partial charge in [-0.05, 0) is 60.6 Å². The minimum Gasteiger partial charge on any atom is -0.312 e. The Balaban J connectivity index is 1.69. The minimum atomic E-state index is -0.576. The molecule has 0 spiro atoms. The molecule has 0 aliphatic carbocycles. The van der Waals surface area contributed by atoms with E-state index in [-0.39, 0.29) is 16.7 Å². The molecule has 0 atom stereocenters. The zero-order valence-corrected chi connectivity index (χ0v) is 17.1. The first kappa shape index (κ1) is 20.5. The fourth-order valence-electron chi connectivity index (χ4n) is 3.60. The Hall–Kier alpha value is -2.20. The molecule has 5 heteroatoms. The van der Waals surface area contributed by atoms with Gasteiger partial charge in [0.15, 0.2) is 5.78 Å². The van der Waals surface area contributed by atoms with E-state index in [1.807, 2.05) is 17.0 Å². The van der Waals surface area contributed by atoms with Crippen molar-refractivity contribution in [3.63, 3.8) is 0 Å². The summed E-state index contributed by atoms with van der Waals surface area (Å²) in [7, 11) is 0. The fraction of sp³-hybridized carbons (Fsp3) is 0.391. The molecule has 0 aromatic heterocycles. The van der Waals surface area contributed by atoms with Crippen molar-refractivity contribution in [3.8, 4) is 0 Å². The fourth-order valence-corrected chi connectivity index (χ4v) is 3.71. The molecule has 28 heavy (non-hydrogen) atoms. The molecule has 1 aliphatic rings. The quantitative estimate of drug-likeness (QED) is 0.589. The van der Waals surface area contributed by atoms with Crippen LogP contribution in [0.2, 0.25) is 5.02 Å². The molecule has 2 aromatic rings. The highest BCUT2D eigenvalue weighted by atomic mass is 35.5. The summed E-state index contributed by atoms with van der Waals surface area (Å²) in [6.07, 6.45) is 3.31. The lowest BCUT2D eigenvalue weighted by molar-refractivity contribution is -0.119. The van der Waals surface area contributed by atoms with E-state index in [1.165, 1.54) is 12.1 Å². The third-order valence-corrected chi connectivity index (χ3v) is 5.34. The number of hydrogen-bond donors (Lipinski definition) is 0. The number of amides is 1. The number of rotatable bonds is 6. The highest BCUT2D eigenvalue weighted by molar-refractivity contribution is 6.30. The molecular formula is C23H25ClFNO2. The van der Waals surface area contributed by atoms with Crippen LogP contribution < -0.4 is 4.90 Å². The summed E-state index contributed by atoms with van der Waals surface area (Å²) in [4.78, 5) is 26.8. The number of benzene rings is 2. The lowest BCUT2D eigenvalue weighted by Crippen LogP contribution is -2.36. The van der Waals surface area contributed by atoms with Gasteiger partial charge in [-0.15, -0.1) is 0 Å². The van der Waals surface area contributed by atoms with E-state index in [2.05, 4.69) is 19.9 Å². The zero-order chi connectivity index (χ0) is 20.3. The Morgan fingerprint density at radius 3 is 2.68 bits per heavy atom. The number of aryl methyl sites for hydroxylation is 2. The summed E-state index contributed by atoms with van der Waals surface area (Å²) < 4.78 is 13.6. The molecule has 2 aromatic carbocycles. The summed E-state index contributed by atoms with van der Waals surface area (Å²) >= 11 is 5.67. The molecule has 0 radical (unpaired) electrons. The Kier molecular flexibility index (Phi) is 6.50. The van der Waals surface area contributed by atoms with Crippen LogP contribution in [0.3, 0.4) is 0 Å². The lowest BCUT2D eigenvalue weighted by atomic mass is 9.95. The molecule has 0 fully saturated rings. The maximum Gasteiger partial charge on any atom is 0.227 e. The molecule has 148 valence electrons. The number of anilines is 1. The lowest BCUT2D eigenvalue weighted by Gasteiger charge is -2.30. The molecule has 0 saturated carbocycles. The second-order valence-corrected chi connectivity index (χ2v) is 8.17. The van der Waals surface area contributed by atoms with E-state index in [0.29, 0.717) is 30.7 Å². The molecule has 1 amide bonds. The maximum absolute atomic E-state index is 13.6. The summed E-state index contributed by atoms with van der Waals surface area (Å²) in [5.41, 5.74) is 3.54. The Morgan fingerprint density at radius 1 is 1.18 bits per heavy atom. The van der Waals surface area contributed by atoms with Crippen LogP contribution in [0.15, 0.2) is 36.4 Å². The monoisotopic (exact) mass is 401 g/mol. The predicted octanol–water partition coefficient (Wildman–Crippen LogP) is 5.62.